The van der Waals surface area contributed by atoms with Gasteiger partial charge < -0.3 is 15.3 Å². The molecule has 1 aliphatic heterocycles. The number of carbonyl (C=O) groups is 2. The molecule has 2 amide bonds. The van der Waals surface area contributed by atoms with Crippen molar-refractivity contribution < 1.29 is 23.1 Å². The molecule has 1 aliphatic rings. The van der Waals surface area contributed by atoms with Crippen LogP contribution in [0.2, 0.25) is 0 Å². The summed E-state index contributed by atoms with van der Waals surface area (Å²) in [4.78, 5) is 23.7. The number of aromatic nitrogens is 3. The fourth-order valence-corrected chi connectivity index (χ4v) is 2.14. The normalized spacial score (nSPS) is 15.6. The number of rotatable bonds is 5. The zero-order valence-electron chi connectivity index (χ0n) is 10.8. The van der Waals surface area contributed by atoms with E-state index in [-0.39, 0.29) is 24.0 Å². The van der Waals surface area contributed by atoms with Gasteiger partial charge in [0.1, 0.15) is 0 Å². The zero-order chi connectivity index (χ0) is 15.6. The molecule has 0 aliphatic carbocycles. The molecule has 0 atom stereocenters. The number of sulfonamides is 1. The van der Waals surface area contributed by atoms with Crippen LogP contribution in [0.4, 0.5) is 4.79 Å². The Labute approximate surface area is 119 Å². The van der Waals surface area contributed by atoms with Crippen LogP contribution < -0.4 is 10.5 Å². The summed E-state index contributed by atoms with van der Waals surface area (Å²) < 4.78 is 22.8. The fraction of sp³-hybridized carbons (Fsp3) is 0.556. The van der Waals surface area contributed by atoms with E-state index in [1.54, 1.807) is 0 Å². The highest BCUT2D eigenvalue weighted by Gasteiger charge is 2.33. The lowest BCUT2D eigenvalue weighted by Crippen LogP contribution is -2.54. The van der Waals surface area contributed by atoms with Crippen LogP contribution in [0.1, 0.15) is 16.5 Å². The molecule has 21 heavy (non-hydrogen) atoms. The molecule has 0 bridgehead atoms. The van der Waals surface area contributed by atoms with Crippen molar-refractivity contribution >= 4 is 22.0 Å². The Morgan fingerprint density at radius 1 is 1.48 bits per heavy atom. The van der Waals surface area contributed by atoms with Crippen LogP contribution in [-0.2, 0) is 10.0 Å². The number of carboxylic acid groups (broad SMARTS) is 1. The first-order valence-electron chi connectivity index (χ1n) is 5.94. The third-order valence-electron chi connectivity index (χ3n) is 2.92. The van der Waals surface area contributed by atoms with E-state index in [2.05, 4.69) is 15.6 Å². The predicted molar refractivity (Wildman–Crippen MR) is 69.0 cm³/mol. The predicted octanol–water partition coefficient (Wildman–Crippen LogP) is -2.17. The van der Waals surface area contributed by atoms with Gasteiger partial charge in [-0.05, 0) is 0 Å². The van der Waals surface area contributed by atoms with E-state index in [9.17, 15) is 18.0 Å². The lowest BCUT2D eigenvalue weighted by Gasteiger charge is -2.38. The van der Waals surface area contributed by atoms with Crippen LogP contribution in [-0.4, -0.2) is 70.8 Å². The van der Waals surface area contributed by atoms with E-state index in [0.29, 0.717) is 13.1 Å². The summed E-state index contributed by atoms with van der Waals surface area (Å²) in [6.45, 7) is 0.610. The number of nitrogens with one attached hydrogen (secondary N) is 1. The lowest BCUT2D eigenvalue weighted by atomic mass is 10.1. The highest BCUT2D eigenvalue weighted by Crippen LogP contribution is 2.20. The first-order chi connectivity index (χ1) is 9.76. The van der Waals surface area contributed by atoms with Gasteiger partial charge in [-0.15, -0.1) is 5.10 Å². The number of likely N-dealkylation sites (tertiary alicyclic amines) is 1. The van der Waals surface area contributed by atoms with E-state index in [1.807, 2.05) is 0 Å². The van der Waals surface area contributed by atoms with Crippen molar-refractivity contribution in [2.75, 3.05) is 25.4 Å². The number of hydrogen-bond donors (Lipinski definition) is 3. The van der Waals surface area contributed by atoms with Gasteiger partial charge in [-0.3, -0.25) is 0 Å². The number of aromatic carboxylic acids is 1. The molecule has 1 saturated heterocycles. The van der Waals surface area contributed by atoms with Gasteiger partial charge in [0, 0.05) is 19.6 Å². The molecule has 2 rings (SSSR count). The number of nitrogens with two attached hydrogens (primary N) is 1. The number of carbonyl (C=O) groups excluding carboxylic acids is 1. The van der Waals surface area contributed by atoms with E-state index < -0.39 is 22.0 Å². The van der Waals surface area contributed by atoms with Crippen molar-refractivity contribution in [3.8, 4) is 0 Å². The molecule has 1 aromatic rings. The standard InChI is InChI=1S/C9H14N6O5S/c10-21(19,20)2-1-11-9(18)14-3-6(4-14)15-5-7(8(16)17)12-13-15/h5-6H,1-4H2,(H,11,18)(H,16,17)(H2,10,19,20). The molecule has 0 radical (unpaired) electrons. The van der Waals surface area contributed by atoms with E-state index >= 15 is 0 Å². The molecule has 116 valence electrons. The average Bonchev–Trinajstić information content (AvgIpc) is 2.74. The first-order valence-corrected chi connectivity index (χ1v) is 7.66. The maximum atomic E-state index is 11.6. The minimum Gasteiger partial charge on any atom is -0.476 e. The molecule has 4 N–H and O–H groups in total. The summed E-state index contributed by atoms with van der Waals surface area (Å²) in [7, 11) is -3.60. The molecular weight excluding hydrogens is 304 g/mol. The van der Waals surface area contributed by atoms with Gasteiger partial charge in [0.15, 0.2) is 5.69 Å². The minimum atomic E-state index is -3.60. The van der Waals surface area contributed by atoms with E-state index in [0.717, 1.165) is 0 Å². The van der Waals surface area contributed by atoms with Crippen molar-refractivity contribution in [3.63, 3.8) is 0 Å². The molecule has 1 aromatic heterocycles. The van der Waals surface area contributed by atoms with Crippen molar-refractivity contribution in [1.29, 1.82) is 0 Å². The second-order valence-electron chi connectivity index (χ2n) is 4.55. The molecule has 0 saturated carbocycles. The Morgan fingerprint density at radius 2 is 2.14 bits per heavy atom. The zero-order valence-corrected chi connectivity index (χ0v) is 11.7. The number of carboxylic acids is 1. The van der Waals surface area contributed by atoms with Gasteiger partial charge in [0.25, 0.3) is 0 Å². The third kappa shape index (κ3) is 3.88. The molecule has 2 heterocycles. The highest BCUT2D eigenvalue weighted by molar-refractivity contribution is 7.89. The van der Waals surface area contributed by atoms with Gasteiger partial charge >= 0.3 is 12.0 Å². The molecule has 0 unspecified atom stereocenters. The summed E-state index contributed by atoms with van der Waals surface area (Å²) in [6, 6.07) is -0.553. The highest BCUT2D eigenvalue weighted by atomic mass is 32.2. The Morgan fingerprint density at radius 3 is 2.67 bits per heavy atom. The Kier molecular flexibility index (Phi) is 4.09. The van der Waals surface area contributed by atoms with Crippen LogP contribution in [0.3, 0.4) is 0 Å². The third-order valence-corrected chi connectivity index (χ3v) is 3.69. The summed E-state index contributed by atoms with van der Waals surface area (Å²) in [6.07, 6.45) is 1.29. The van der Waals surface area contributed by atoms with E-state index in [1.165, 1.54) is 15.8 Å². The van der Waals surface area contributed by atoms with Crippen molar-refractivity contribution in [3.05, 3.63) is 11.9 Å². The van der Waals surface area contributed by atoms with Crippen LogP contribution in [0.25, 0.3) is 0 Å². The number of nitrogens with zero attached hydrogens (tertiary/aromatic N) is 4. The summed E-state index contributed by atoms with van der Waals surface area (Å²) >= 11 is 0. The van der Waals surface area contributed by atoms with Crippen LogP contribution in [0.15, 0.2) is 6.20 Å². The van der Waals surface area contributed by atoms with Crippen molar-refractivity contribution in [2.45, 2.75) is 6.04 Å². The van der Waals surface area contributed by atoms with Crippen LogP contribution in [0.5, 0.6) is 0 Å². The number of primary sulfonamides is 1. The largest absolute Gasteiger partial charge is 0.476 e. The summed E-state index contributed by atoms with van der Waals surface area (Å²) in [5, 5.41) is 23.1. The maximum Gasteiger partial charge on any atom is 0.358 e. The number of urea groups is 1. The van der Waals surface area contributed by atoms with Crippen molar-refractivity contribution in [2.24, 2.45) is 5.14 Å². The second-order valence-corrected chi connectivity index (χ2v) is 6.28. The smallest absolute Gasteiger partial charge is 0.358 e. The molecule has 12 heteroatoms. The fourth-order valence-electron chi connectivity index (χ4n) is 1.75. The average molecular weight is 318 g/mol. The lowest BCUT2D eigenvalue weighted by molar-refractivity contribution is 0.0690. The molecular formula is C9H14N6O5S. The van der Waals surface area contributed by atoms with Crippen LogP contribution >= 0.6 is 0 Å². The molecule has 11 nitrogen and oxygen atoms in total. The van der Waals surface area contributed by atoms with E-state index in [4.69, 9.17) is 10.2 Å². The maximum absolute atomic E-state index is 11.6. The summed E-state index contributed by atoms with van der Waals surface area (Å²) in [5.74, 6) is -1.50. The van der Waals surface area contributed by atoms with Gasteiger partial charge in [0.2, 0.25) is 10.0 Å². The monoisotopic (exact) mass is 318 g/mol. The topological polar surface area (TPSA) is 161 Å². The van der Waals surface area contributed by atoms with Crippen LogP contribution in [0, 0.1) is 0 Å². The summed E-state index contributed by atoms with van der Waals surface area (Å²) in [5.41, 5.74) is -0.161. The number of hydrogen-bond acceptors (Lipinski definition) is 6. The van der Waals surface area contributed by atoms with Crippen molar-refractivity contribution in [1.82, 2.24) is 25.2 Å². The van der Waals surface area contributed by atoms with Gasteiger partial charge in [0.05, 0.1) is 18.0 Å². The molecule has 1 fully saturated rings. The Bertz CT molecular complexity index is 649. The minimum absolute atomic E-state index is 0.0642. The number of amides is 2. The Balaban J connectivity index is 1.77. The molecule has 0 spiro atoms. The SMILES string of the molecule is NS(=O)(=O)CCNC(=O)N1CC(n2cc(C(=O)O)nn2)C1. The second kappa shape index (κ2) is 5.65. The van der Waals surface area contributed by atoms with Gasteiger partial charge in [-0.2, -0.15) is 0 Å². The van der Waals surface area contributed by atoms with Gasteiger partial charge in [-0.1, -0.05) is 5.21 Å². The molecule has 0 aromatic carbocycles. The van der Waals surface area contributed by atoms with Gasteiger partial charge in [-0.25, -0.2) is 27.8 Å². The quantitative estimate of drug-likeness (QED) is 0.556. The first kappa shape index (κ1) is 15.2. The Hall–Kier alpha value is -2.21.